The molecule has 0 aromatic heterocycles. The highest BCUT2D eigenvalue weighted by Crippen LogP contribution is 2.12. The molecule has 0 aliphatic heterocycles. The average Bonchev–Trinajstić information content (AvgIpc) is 2.34. The van der Waals surface area contributed by atoms with Crippen LogP contribution < -0.4 is 0 Å². The van der Waals surface area contributed by atoms with E-state index in [1.54, 1.807) is 0 Å². The Morgan fingerprint density at radius 1 is 0.900 bits per heavy atom. The molecule has 0 fully saturated rings. The van der Waals surface area contributed by atoms with Gasteiger partial charge in [0.1, 0.15) is 9.52 Å². The van der Waals surface area contributed by atoms with Gasteiger partial charge in [-0.25, -0.2) is 0 Å². The molecule has 7 heteroatoms. The molecule has 118 valence electrons. The van der Waals surface area contributed by atoms with Gasteiger partial charge in [-0.1, -0.05) is 5.70 Å². The molecule has 0 saturated heterocycles. The van der Waals surface area contributed by atoms with Crippen LogP contribution in [-0.2, 0) is 13.3 Å². The Morgan fingerprint density at radius 2 is 1.30 bits per heavy atom. The molecule has 5 nitrogen and oxygen atoms in total. The first-order valence-electron chi connectivity index (χ1n) is 7.10. The molecule has 0 N–H and O–H groups in total. The van der Waals surface area contributed by atoms with Crippen molar-refractivity contribution in [3.63, 3.8) is 0 Å². The molecular weight excluding hydrogens is 288 g/mol. The van der Waals surface area contributed by atoms with Crippen molar-refractivity contribution in [3.8, 4) is 0 Å². The van der Waals surface area contributed by atoms with Gasteiger partial charge in [-0.2, -0.15) is 0 Å². The molecule has 0 aliphatic carbocycles. The molecule has 0 aromatic rings. The predicted octanol–water partition coefficient (Wildman–Crippen LogP) is 1.20. The summed E-state index contributed by atoms with van der Waals surface area (Å²) in [6.07, 6.45) is 0. The molecule has 0 aliphatic rings. The molecule has 0 bridgehead atoms. The number of nitrogens with zero attached hydrogens (tertiary/aromatic N) is 2. The Hall–Kier alpha value is -0.0262. The van der Waals surface area contributed by atoms with E-state index in [2.05, 4.69) is 43.7 Å². The zero-order valence-corrected chi connectivity index (χ0v) is 16.0. The second kappa shape index (κ2) is 10.7. The van der Waals surface area contributed by atoms with Crippen molar-refractivity contribution in [2.75, 3.05) is 48.0 Å². The van der Waals surface area contributed by atoms with E-state index in [1.807, 2.05) is 26.5 Å². The summed E-state index contributed by atoms with van der Waals surface area (Å²) < 4.78 is 17.4. The minimum absolute atomic E-state index is 0.378. The first-order chi connectivity index (χ1) is 9.42. The Morgan fingerprint density at radius 3 is 1.60 bits per heavy atom. The highest BCUT2D eigenvalue weighted by atomic mass is 28.4. The lowest BCUT2D eigenvalue weighted by Gasteiger charge is -2.29. The highest BCUT2D eigenvalue weighted by Gasteiger charge is 2.37. The van der Waals surface area contributed by atoms with Gasteiger partial charge in [0, 0.05) is 19.8 Å². The van der Waals surface area contributed by atoms with Crippen molar-refractivity contribution >= 4 is 18.3 Å². The van der Waals surface area contributed by atoms with E-state index in [9.17, 15) is 0 Å². The van der Waals surface area contributed by atoms with Crippen LogP contribution in [0.15, 0.2) is 11.4 Å². The Labute approximate surface area is 128 Å². The van der Waals surface area contributed by atoms with E-state index in [-0.39, 0.29) is 0 Å². The summed E-state index contributed by atoms with van der Waals surface area (Å²) in [5, 5.41) is 0. The number of hydrogen-bond acceptors (Lipinski definition) is 5. The van der Waals surface area contributed by atoms with Crippen LogP contribution in [-0.4, -0.2) is 81.9 Å². The first-order valence-corrected chi connectivity index (χ1v) is 10.1. The van der Waals surface area contributed by atoms with Crippen molar-refractivity contribution in [2.24, 2.45) is 0 Å². The third-order valence-corrected chi connectivity index (χ3v) is 7.22. The largest absolute Gasteiger partial charge is 0.528 e. The highest BCUT2D eigenvalue weighted by molar-refractivity contribution is 6.67. The summed E-state index contributed by atoms with van der Waals surface area (Å²) in [6.45, 7) is 7.72. The second-order valence-corrected chi connectivity index (χ2v) is 8.29. The monoisotopic (exact) mass is 318 g/mol. The standard InChI is InChI=1S/C13H30N2O3Si2/c1-8-16-20(17-9-2,18-10-3)12-11-19-13(14(4)5)15(6)7/h11-13H,8-10H2,1-7H3. The second-order valence-electron chi connectivity index (χ2n) is 4.70. The summed E-state index contributed by atoms with van der Waals surface area (Å²) in [4.78, 5) is 4.40. The van der Waals surface area contributed by atoms with Gasteiger partial charge < -0.3 is 13.3 Å². The van der Waals surface area contributed by atoms with Crippen molar-refractivity contribution in [1.29, 1.82) is 0 Å². The molecule has 0 spiro atoms. The topological polar surface area (TPSA) is 34.2 Å². The van der Waals surface area contributed by atoms with Gasteiger partial charge in [0.05, 0.1) is 5.79 Å². The van der Waals surface area contributed by atoms with Crippen LogP contribution in [0.3, 0.4) is 0 Å². The van der Waals surface area contributed by atoms with E-state index in [0.29, 0.717) is 35.1 Å². The Bertz CT molecular complexity index is 251. The Balaban J connectivity index is 4.81. The molecule has 0 amide bonds. The average molecular weight is 319 g/mol. The third kappa shape index (κ3) is 7.12. The van der Waals surface area contributed by atoms with E-state index >= 15 is 0 Å². The van der Waals surface area contributed by atoms with Crippen LogP contribution in [0.2, 0.25) is 0 Å². The normalized spacial score (nSPS) is 13.3. The molecule has 0 aromatic carbocycles. The van der Waals surface area contributed by atoms with Crippen LogP contribution in [0.5, 0.6) is 0 Å². The first kappa shape index (κ1) is 20.0. The van der Waals surface area contributed by atoms with Crippen molar-refractivity contribution in [1.82, 2.24) is 9.80 Å². The molecule has 0 saturated carbocycles. The van der Waals surface area contributed by atoms with Gasteiger partial charge in [-0.05, 0) is 54.7 Å². The fourth-order valence-corrected chi connectivity index (χ4v) is 5.58. The van der Waals surface area contributed by atoms with Crippen LogP contribution in [0.25, 0.3) is 0 Å². The van der Waals surface area contributed by atoms with Crippen LogP contribution in [0.4, 0.5) is 0 Å². The zero-order valence-electron chi connectivity index (χ0n) is 14.0. The van der Waals surface area contributed by atoms with Gasteiger partial charge in [-0.15, -0.1) is 0 Å². The molecule has 2 radical (unpaired) electrons. The SMILES string of the molecule is CCO[Si](C=C[Si]C(N(C)C)N(C)C)(OCC)OCC. The fraction of sp³-hybridized carbons (Fsp3) is 0.846. The maximum Gasteiger partial charge on any atom is 0.528 e. The summed E-state index contributed by atoms with van der Waals surface area (Å²) in [5.41, 5.74) is 4.18. The smallest absolute Gasteiger partial charge is 0.371 e. The summed E-state index contributed by atoms with van der Waals surface area (Å²) in [7, 11) is 6.34. The van der Waals surface area contributed by atoms with E-state index in [1.165, 1.54) is 0 Å². The van der Waals surface area contributed by atoms with Gasteiger partial charge >= 0.3 is 8.80 Å². The maximum absolute atomic E-state index is 5.80. The summed E-state index contributed by atoms with van der Waals surface area (Å²) >= 11 is 0. The Kier molecular flexibility index (Phi) is 10.7. The number of hydrogen-bond donors (Lipinski definition) is 0. The van der Waals surface area contributed by atoms with Crippen molar-refractivity contribution < 1.29 is 13.3 Å². The van der Waals surface area contributed by atoms with Crippen molar-refractivity contribution in [2.45, 2.75) is 26.6 Å². The minimum atomic E-state index is -2.64. The van der Waals surface area contributed by atoms with E-state index < -0.39 is 8.80 Å². The van der Waals surface area contributed by atoms with Gasteiger partial charge in [0.2, 0.25) is 0 Å². The lowest BCUT2D eigenvalue weighted by molar-refractivity contribution is 0.0843. The van der Waals surface area contributed by atoms with Crippen molar-refractivity contribution in [3.05, 3.63) is 11.4 Å². The molecule has 0 rings (SSSR count). The lowest BCUT2D eigenvalue weighted by Crippen LogP contribution is -2.46. The van der Waals surface area contributed by atoms with E-state index in [4.69, 9.17) is 13.3 Å². The molecule has 20 heavy (non-hydrogen) atoms. The maximum atomic E-state index is 5.80. The molecule has 0 atom stereocenters. The van der Waals surface area contributed by atoms with Crippen LogP contribution in [0, 0.1) is 0 Å². The van der Waals surface area contributed by atoms with Gasteiger partial charge in [0.25, 0.3) is 0 Å². The zero-order chi connectivity index (χ0) is 15.6. The van der Waals surface area contributed by atoms with Gasteiger partial charge in [0.15, 0.2) is 0 Å². The third-order valence-electron chi connectivity index (χ3n) is 2.55. The lowest BCUT2D eigenvalue weighted by atomic mass is 10.8. The quantitative estimate of drug-likeness (QED) is 0.422. The predicted molar refractivity (Wildman–Crippen MR) is 86.7 cm³/mol. The van der Waals surface area contributed by atoms with E-state index in [0.717, 1.165) is 0 Å². The van der Waals surface area contributed by atoms with Gasteiger partial charge in [-0.3, -0.25) is 9.80 Å². The minimum Gasteiger partial charge on any atom is -0.371 e. The molecule has 0 unspecified atom stereocenters. The summed E-state index contributed by atoms with van der Waals surface area (Å²) in [5.74, 6) is 0.378. The fourth-order valence-electron chi connectivity index (χ4n) is 1.87. The molecular formula is C13H30N2O3Si2. The number of rotatable bonds is 11. The van der Waals surface area contributed by atoms with Crippen LogP contribution in [0.1, 0.15) is 20.8 Å². The molecule has 0 heterocycles. The van der Waals surface area contributed by atoms with Crippen LogP contribution >= 0.6 is 0 Å². The summed E-state index contributed by atoms with van der Waals surface area (Å²) in [6, 6.07) is 0.